The van der Waals surface area contributed by atoms with Crippen LogP contribution >= 0.6 is 0 Å². The second kappa shape index (κ2) is 9.99. The van der Waals surface area contributed by atoms with E-state index in [0.717, 1.165) is 12.8 Å². The van der Waals surface area contributed by atoms with E-state index < -0.39 is 15.8 Å². The number of anilines is 1. The number of halogens is 1. The molecule has 4 rings (SSSR count). The summed E-state index contributed by atoms with van der Waals surface area (Å²) < 4.78 is 47.3. The van der Waals surface area contributed by atoms with Crippen molar-refractivity contribution < 1.29 is 22.3 Å². The summed E-state index contributed by atoms with van der Waals surface area (Å²) in [4.78, 5) is 16.9. The second-order valence-corrected chi connectivity index (χ2v) is 10.4. The molecule has 0 atom stereocenters. The van der Waals surface area contributed by atoms with Crippen molar-refractivity contribution in [3.63, 3.8) is 0 Å². The minimum atomic E-state index is -3.73. The highest BCUT2D eigenvalue weighted by Gasteiger charge is 2.28. The third-order valence-corrected chi connectivity index (χ3v) is 7.86. The van der Waals surface area contributed by atoms with Gasteiger partial charge in [-0.2, -0.15) is 5.26 Å². The van der Waals surface area contributed by atoms with E-state index in [2.05, 4.69) is 4.72 Å². The molecular weight excluding hydrogens is 459 g/mol. The summed E-state index contributed by atoms with van der Waals surface area (Å²) in [6, 6.07) is 10.6. The Morgan fingerprint density at radius 2 is 1.91 bits per heavy atom. The van der Waals surface area contributed by atoms with E-state index in [1.165, 1.54) is 31.7 Å². The fourth-order valence-electron chi connectivity index (χ4n) is 4.11. The molecule has 1 aliphatic carbocycles. The third-order valence-electron chi connectivity index (χ3n) is 6.44. The number of amides is 1. The van der Waals surface area contributed by atoms with E-state index in [4.69, 9.17) is 10.00 Å². The van der Waals surface area contributed by atoms with Gasteiger partial charge < -0.3 is 14.5 Å². The molecule has 8 nitrogen and oxygen atoms in total. The maximum absolute atomic E-state index is 14.4. The number of nitrogens with one attached hydrogen (secondary N) is 1. The molecule has 1 saturated carbocycles. The van der Waals surface area contributed by atoms with Crippen LogP contribution in [0.5, 0.6) is 5.75 Å². The Kier molecular flexibility index (Phi) is 7.05. The molecular formula is C24H27FN4O4S. The van der Waals surface area contributed by atoms with E-state index in [1.807, 2.05) is 11.0 Å². The summed E-state index contributed by atoms with van der Waals surface area (Å²) in [6.45, 7) is 1.97. The number of sulfonamides is 1. The molecule has 1 heterocycles. The second-order valence-electron chi connectivity index (χ2n) is 8.53. The summed E-state index contributed by atoms with van der Waals surface area (Å²) in [5.41, 5.74) is 0.840. The molecule has 0 bridgehead atoms. The molecule has 0 aromatic heterocycles. The minimum Gasteiger partial charge on any atom is -0.492 e. The van der Waals surface area contributed by atoms with Crippen LogP contribution in [0.2, 0.25) is 0 Å². The lowest BCUT2D eigenvalue weighted by molar-refractivity contribution is 0.0739. The third kappa shape index (κ3) is 5.00. The first-order chi connectivity index (χ1) is 16.3. The number of nitrogens with zero attached hydrogens (tertiary/aromatic N) is 3. The Hall–Kier alpha value is -3.16. The highest BCUT2D eigenvalue weighted by molar-refractivity contribution is 7.89. The Morgan fingerprint density at radius 1 is 1.18 bits per heavy atom. The van der Waals surface area contributed by atoms with Gasteiger partial charge in [0.2, 0.25) is 10.0 Å². The van der Waals surface area contributed by atoms with Crippen molar-refractivity contribution in [2.24, 2.45) is 5.92 Å². The predicted molar refractivity (Wildman–Crippen MR) is 125 cm³/mol. The van der Waals surface area contributed by atoms with Crippen LogP contribution in [0.15, 0.2) is 41.3 Å². The average Bonchev–Trinajstić information content (AvgIpc) is 2.82. The Labute approximate surface area is 199 Å². The molecule has 0 unspecified atom stereocenters. The summed E-state index contributed by atoms with van der Waals surface area (Å²) >= 11 is 0. The SMILES string of the molecule is CNS(=O)(=O)c1ccc(OCC2CCC2)c(C(=O)N2CCN(c3ccc(C#N)cc3F)CC2)c1. The van der Waals surface area contributed by atoms with Crippen LogP contribution in [-0.2, 0) is 10.0 Å². The number of carbonyl (C=O) groups is 1. The topological polar surface area (TPSA) is 103 Å². The zero-order valence-corrected chi connectivity index (χ0v) is 19.8. The van der Waals surface area contributed by atoms with E-state index >= 15 is 0 Å². The number of hydrogen-bond acceptors (Lipinski definition) is 6. The van der Waals surface area contributed by atoms with E-state index in [-0.39, 0.29) is 21.9 Å². The molecule has 180 valence electrons. The zero-order valence-electron chi connectivity index (χ0n) is 19.0. The van der Waals surface area contributed by atoms with E-state index in [1.54, 1.807) is 23.1 Å². The van der Waals surface area contributed by atoms with Gasteiger partial charge in [-0.25, -0.2) is 17.5 Å². The van der Waals surface area contributed by atoms with Crippen molar-refractivity contribution in [2.45, 2.75) is 24.2 Å². The van der Waals surface area contributed by atoms with E-state index in [0.29, 0.717) is 50.1 Å². The number of piperazine rings is 1. The van der Waals surface area contributed by atoms with Crippen LogP contribution < -0.4 is 14.4 Å². The van der Waals surface area contributed by atoms with Crippen molar-refractivity contribution in [3.8, 4) is 11.8 Å². The highest BCUT2D eigenvalue weighted by Crippen LogP contribution is 2.30. The van der Waals surface area contributed by atoms with Gasteiger partial charge in [0.1, 0.15) is 11.6 Å². The largest absolute Gasteiger partial charge is 0.492 e. The van der Waals surface area contributed by atoms with Gasteiger partial charge in [-0.3, -0.25) is 4.79 Å². The van der Waals surface area contributed by atoms with Crippen molar-refractivity contribution in [3.05, 3.63) is 53.3 Å². The highest BCUT2D eigenvalue weighted by atomic mass is 32.2. The van der Waals surface area contributed by atoms with E-state index in [9.17, 15) is 17.6 Å². The first-order valence-corrected chi connectivity index (χ1v) is 12.7. The molecule has 34 heavy (non-hydrogen) atoms. The number of benzene rings is 2. The molecule has 1 N–H and O–H groups in total. The van der Waals surface area contributed by atoms with Crippen LogP contribution in [0.25, 0.3) is 0 Å². The summed E-state index contributed by atoms with van der Waals surface area (Å²) in [7, 11) is -2.41. The van der Waals surface area contributed by atoms with Crippen LogP contribution in [0.4, 0.5) is 10.1 Å². The van der Waals surface area contributed by atoms with Crippen molar-refractivity contribution >= 4 is 21.6 Å². The lowest BCUT2D eigenvalue weighted by Crippen LogP contribution is -2.49. The van der Waals surface area contributed by atoms with Gasteiger partial charge in [0.05, 0.1) is 34.4 Å². The molecule has 10 heteroatoms. The number of ether oxygens (including phenoxy) is 1. The monoisotopic (exact) mass is 486 g/mol. The van der Waals surface area contributed by atoms with Crippen molar-refractivity contribution in [1.82, 2.24) is 9.62 Å². The first kappa shape index (κ1) is 24.0. The molecule has 0 spiro atoms. The number of hydrogen-bond donors (Lipinski definition) is 1. The van der Waals surface area contributed by atoms with Gasteiger partial charge in [0, 0.05) is 26.2 Å². The summed E-state index contributed by atoms with van der Waals surface area (Å²) in [5.74, 6) is 0.0224. The minimum absolute atomic E-state index is 0.00682. The van der Waals surface area contributed by atoms with Gasteiger partial charge in [0.15, 0.2) is 0 Å². The lowest BCUT2D eigenvalue weighted by Gasteiger charge is -2.36. The maximum Gasteiger partial charge on any atom is 0.257 e. The number of nitriles is 1. The first-order valence-electron chi connectivity index (χ1n) is 11.3. The fourth-order valence-corrected chi connectivity index (χ4v) is 4.86. The normalized spacial score (nSPS) is 16.6. The van der Waals surface area contributed by atoms with Gasteiger partial charge in [-0.15, -0.1) is 0 Å². The van der Waals surface area contributed by atoms with Crippen LogP contribution in [0.1, 0.15) is 35.2 Å². The molecule has 2 aliphatic rings. The standard InChI is InChI=1S/C24H27FN4O4S/c1-27-34(31,32)19-6-8-23(33-16-17-3-2-4-17)20(14-19)24(30)29-11-9-28(10-12-29)22-7-5-18(15-26)13-21(22)25/h5-8,13-14,17,27H,2-4,9-12,16H2,1H3. The molecule has 1 saturated heterocycles. The molecule has 2 fully saturated rings. The molecule has 0 radical (unpaired) electrons. The van der Waals surface area contributed by atoms with Crippen molar-refractivity contribution in [1.29, 1.82) is 5.26 Å². The fraction of sp³-hybridized carbons (Fsp3) is 0.417. The van der Waals surface area contributed by atoms with Crippen LogP contribution in [0, 0.1) is 23.1 Å². The van der Waals surface area contributed by atoms with Crippen molar-refractivity contribution in [2.75, 3.05) is 44.7 Å². The zero-order chi connectivity index (χ0) is 24.3. The van der Waals surface area contributed by atoms with Gasteiger partial charge >= 0.3 is 0 Å². The van der Waals surface area contributed by atoms with Gasteiger partial charge in [-0.05, 0) is 62.2 Å². The number of carbonyl (C=O) groups excluding carboxylic acids is 1. The smallest absolute Gasteiger partial charge is 0.257 e. The van der Waals surface area contributed by atoms with Gasteiger partial charge in [0.25, 0.3) is 5.91 Å². The lowest BCUT2D eigenvalue weighted by atomic mass is 9.86. The molecule has 1 amide bonds. The molecule has 2 aromatic rings. The van der Waals surface area contributed by atoms with Crippen LogP contribution in [-0.4, -0.2) is 59.1 Å². The number of rotatable bonds is 7. The maximum atomic E-state index is 14.4. The summed E-state index contributed by atoms with van der Waals surface area (Å²) in [6.07, 6.45) is 3.34. The van der Waals surface area contributed by atoms with Gasteiger partial charge in [-0.1, -0.05) is 6.42 Å². The van der Waals surface area contributed by atoms with Crippen LogP contribution in [0.3, 0.4) is 0 Å². The Balaban J connectivity index is 1.52. The Bertz CT molecular complexity index is 1220. The molecule has 2 aromatic carbocycles. The average molecular weight is 487 g/mol. The predicted octanol–water partition coefficient (Wildman–Crippen LogP) is 2.75. The summed E-state index contributed by atoms with van der Waals surface area (Å²) in [5, 5.41) is 8.93. The quantitative estimate of drug-likeness (QED) is 0.646. The Morgan fingerprint density at radius 3 is 2.50 bits per heavy atom. The molecule has 1 aliphatic heterocycles.